The molecule has 0 bridgehead atoms. The van der Waals surface area contributed by atoms with E-state index in [1.807, 2.05) is 0 Å². The Morgan fingerprint density at radius 3 is 2.81 bits per heavy atom. The number of halogens is 1. The van der Waals surface area contributed by atoms with Crippen LogP contribution >= 0.6 is 0 Å². The maximum atomic E-state index is 13.0. The molecule has 0 aliphatic heterocycles. The largest absolute Gasteiger partial charge is 0.478 e. The number of carbonyl (C=O) groups is 2. The number of carboxylic acids is 1. The molecule has 9 heteroatoms. The number of carboxylic acid groups (broad SMARTS) is 1. The Morgan fingerprint density at radius 2 is 2.19 bits per heavy atom. The number of aryl methyl sites for hydroxylation is 1. The fraction of sp³-hybridized carbons (Fsp3) is 0.167. The lowest BCUT2D eigenvalue weighted by Crippen LogP contribution is -2.30. The van der Waals surface area contributed by atoms with Crippen molar-refractivity contribution >= 4 is 17.7 Å². The second-order valence-electron chi connectivity index (χ2n) is 4.16. The van der Waals surface area contributed by atoms with E-state index in [2.05, 4.69) is 20.8 Å². The molecule has 21 heavy (non-hydrogen) atoms. The van der Waals surface area contributed by atoms with Crippen molar-refractivity contribution in [2.45, 2.75) is 6.54 Å². The predicted octanol–water partition coefficient (Wildman–Crippen LogP) is 0.974. The van der Waals surface area contributed by atoms with Gasteiger partial charge in [-0.1, -0.05) is 0 Å². The molecule has 2 amide bonds. The van der Waals surface area contributed by atoms with Crippen molar-refractivity contribution < 1.29 is 19.1 Å². The molecule has 2 aromatic rings. The number of aromatic nitrogens is 3. The van der Waals surface area contributed by atoms with E-state index in [9.17, 15) is 14.0 Å². The monoisotopic (exact) mass is 293 g/mol. The van der Waals surface area contributed by atoms with Crippen LogP contribution in [0.2, 0.25) is 0 Å². The minimum absolute atomic E-state index is 0.000588. The standard InChI is InChI=1S/C12H12FN5O3/c1-18-6-15-17-10(18)5-14-12(21)16-9-3-2-7(13)4-8(9)11(19)20/h2-4,6H,5H2,1H3,(H,19,20)(H2,14,16,21). The average Bonchev–Trinajstić information content (AvgIpc) is 2.84. The molecular weight excluding hydrogens is 281 g/mol. The fourth-order valence-corrected chi connectivity index (χ4v) is 1.60. The third-order valence-electron chi connectivity index (χ3n) is 2.67. The van der Waals surface area contributed by atoms with Gasteiger partial charge in [-0.2, -0.15) is 0 Å². The zero-order valence-electron chi connectivity index (χ0n) is 11.0. The summed E-state index contributed by atoms with van der Waals surface area (Å²) in [5, 5.41) is 21.2. The van der Waals surface area contributed by atoms with Crippen LogP contribution in [-0.4, -0.2) is 31.9 Å². The second-order valence-corrected chi connectivity index (χ2v) is 4.16. The molecule has 0 unspecified atom stereocenters. The maximum absolute atomic E-state index is 13.0. The predicted molar refractivity (Wildman–Crippen MR) is 70.2 cm³/mol. The van der Waals surface area contributed by atoms with Gasteiger partial charge in [0.05, 0.1) is 17.8 Å². The van der Waals surface area contributed by atoms with E-state index in [1.54, 1.807) is 11.6 Å². The summed E-state index contributed by atoms with van der Waals surface area (Å²) in [4.78, 5) is 22.7. The number of amides is 2. The van der Waals surface area contributed by atoms with E-state index in [0.29, 0.717) is 5.82 Å². The Labute approximate surface area is 118 Å². The molecule has 2 rings (SSSR count). The molecule has 0 atom stereocenters. The molecule has 0 saturated carbocycles. The van der Waals surface area contributed by atoms with Gasteiger partial charge in [0.1, 0.15) is 12.1 Å². The number of anilines is 1. The first-order valence-corrected chi connectivity index (χ1v) is 5.88. The summed E-state index contributed by atoms with van der Waals surface area (Å²) in [5.74, 6) is -1.50. The summed E-state index contributed by atoms with van der Waals surface area (Å²) in [5.41, 5.74) is -0.330. The van der Waals surface area contributed by atoms with Crippen LogP contribution in [0.4, 0.5) is 14.9 Å². The van der Waals surface area contributed by atoms with Crippen LogP contribution in [-0.2, 0) is 13.6 Å². The van der Waals surface area contributed by atoms with E-state index < -0.39 is 17.8 Å². The summed E-state index contributed by atoms with van der Waals surface area (Å²) in [6, 6.07) is 2.44. The normalized spacial score (nSPS) is 10.2. The van der Waals surface area contributed by atoms with Gasteiger partial charge in [-0.05, 0) is 18.2 Å². The third kappa shape index (κ3) is 3.53. The highest BCUT2D eigenvalue weighted by molar-refractivity contribution is 5.99. The first kappa shape index (κ1) is 14.4. The van der Waals surface area contributed by atoms with Crippen LogP contribution in [0.15, 0.2) is 24.5 Å². The minimum atomic E-state index is -1.34. The molecule has 1 heterocycles. The molecule has 0 radical (unpaired) electrons. The van der Waals surface area contributed by atoms with Gasteiger partial charge in [0.2, 0.25) is 0 Å². The molecule has 1 aromatic carbocycles. The molecule has 0 fully saturated rings. The Hall–Kier alpha value is -2.97. The summed E-state index contributed by atoms with van der Waals surface area (Å²) in [6.45, 7) is 0.117. The number of urea groups is 1. The molecule has 0 saturated heterocycles. The van der Waals surface area contributed by atoms with Gasteiger partial charge in [0.15, 0.2) is 5.82 Å². The Balaban J connectivity index is 2.03. The van der Waals surface area contributed by atoms with E-state index in [-0.39, 0.29) is 17.8 Å². The zero-order valence-corrected chi connectivity index (χ0v) is 11.0. The number of nitrogens with zero attached hydrogens (tertiary/aromatic N) is 3. The lowest BCUT2D eigenvalue weighted by molar-refractivity contribution is 0.0697. The smallest absolute Gasteiger partial charge is 0.337 e. The summed E-state index contributed by atoms with van der Waals surface area (Å²) in [7, 11) is 1.72. The van der Waals surface area contributed by atoms with Crippen LogP contribution < -0.4 is 10.6 Å². The number of hydrogen-bond acceptors (Lipinski definition) is 4. The van der Waals surface area contributed by atoms with Crippen LogP contribution in [0.5, 0.6) is 0 Å². The zero-order chi connectivity index (χ0) is 15.4. The van der Waals surface area contributed by atoms with Gasteiger partial charge in [0, 0.05) is 7.05 Å². The van der Waals surface area contributed by atoms with Gasteiger partial charge in [-0.25, -0.2) is 14.0 Å². The SMILES string of the molecule is Cn1cnnc1CNC(=O)Nc1ccc(F)cc1C(=O)O. The van der Waals surface area contributed by atoms with Crippen LogP contribution in [0.25, 0.3) is 0 Å². The van der Waals surface area contributed by atoms with Gasteiger partial charge in [-0.15, -0.1) is 10.2 Å². The lowest BCUT2D eigenvalue weighted by Gasteiger charge is -2.09. The van der Waals surface area contributed by atoms with Crippen molar-refractivity contribution in [3.05, 3.63) is 41.7 Å². The summed E-state index contributed by atoms with van der Waals surface area (Å²) in [6.07, 6.45) is 1.48. The molecule has 0 spiro atoms. The summed E-state index contributed by atoms with van der Waals surface area (Å²) < 4.78 is 14.6. The molecule has 0 aliphatic carbocycles. The van der Waals surface area contributed by atoms with Crippen molar-refractivity contribution in [2.24, 2.45) is 7.05 Å². The van der Waals surface area contributed by atoms with E-state index in [0.717, 1.165) is 12.1 Å². The quantitative estimate of drug-likeness (QED) is 0.778. The van der Waals surface area contributed by atoms with E-state index >= 15 is 0 Å². The lowest BCUT2D eigenvalue weighted by atomic mass is 10.2. The van der Waals surface area contributed by atoms with Crippen molar-refractivity contribution in [2.75, 3.05) is 5.32 Å². The number of benzene rings is 1. The van der Waals surface area contributed by atoms with Gasteiger partial charge < -0.3 is 20.3 Å². The van der Waals surface area contributed by atoms with Crippen LogP contribution in [0, 0.1) is 5.82 Å². The number of nitrogens with one attached hydrogen (secondary N) is 2. The highest BCUT2D eigenvalue weighted by Gasteiger charge is 2.13. The maximum Gasteiger partial charge on any atom is 0.337 e. The van der Waals surface area contributed by atoms with Gasteiger partial charge >= 0.3 is 12.0 Å². The third-order valence-corrected chi connectivity index (χ3v) is 2.67. The van der Waals surface area contributed by atoms with E-state index in [1.165, 1.54) is 12.4 Å². The fourth-order valence-electron chi connectivity index (χ4n) is 1.60. The first-order valence-electron chi connectivity index (χ1n) is 5.88. The van der Waals surface area contributed by atoms with Crippen molar-refractivity contribution in [1.82, 2.24) is 20.1 Å². The van der Waals surface area contributed by atoms with Gasteiger partial charge in [-0.3, -0.25) is 0 Å². The van der Waals surface area contributed by atoms with Crippen molar-refractivity contribution in [3.63, 3.8) is 0 Å². The molecule has 8 nitrogen and oxygen atoms in total. The van der Waals surface area contributed by atoms with Crippen molar-refractivity contribution in [1.29, 1.82) is 0 Å². The summed E-state index contributed by atoms with van der Waals surface area (Å²) >= 11 is 0. The van der Waals surface area contributed by atoms with Gasteiger partial charge in [0.25, 0.3) is 0 Å². The molecular formula is C12H12FN5O3. The molecule has 0 aliphatic rings. The number of rotatable bonds is 4. The molecule has 3 N–H and O–H groups in total. The Bertz CT molecular complexity index is 685. The second kappa shape index (κ2) is 5.99. The number of carbonyl (C=O) groups excluding carboxylic acids is 1. The highest BCUT2D eigenvalue weighted by Crippen LogP contribution is 2.16. The minimum Gasteiger partial charge on any atom is -0.478 e. The van der Waals surface area contributed by atoms with Crippen LogP contribution in [0.1, 0.15) is 16.2 Å². The Kier molecular flexibility index (Phi) is 4.12. The highest BCUT2D eigenvalue weighted by atomic mass is 19.1. The molecule has 1 aromatic heterocycles. The first-order chi connectivity index (χ1) is 9.97. The van der Waals surface area contributed by atoms with E-state index in [4.69, 9.17) is 5.11 Å². The molecule has 110 valence electrons. The average molecular weight is 293 g/mol. The van der Waals surface area contributed by atoms with Crippen molar-refractivity contribution in [3.8, 4) is 0 Å². The number of aromatic carboxylic acids is 1. The number of hydrogen-bond donors (Lipinski definition) is 3. The topological polar surface area (TPSA) is 109 Å². The Morgan fingerprint density at radius 1 is 1.43 bits per heavy atom. The van der Waals surface area contributed by atoms with Crippen LogP contribution in [0.3, 0.4) is 0 Å².